The molecule has 2 aromatic rings. The molecule has 1 saturated heterocycles. The lowest BCUT2D eigenvalue weighted by Gasteiger charge is -2.36. The quantitative estimate of drug-likeness (QED) is 0.913. The second-order valence-electron chi connectivity index (χ2n) is 6.39. The number of benzene rings is 1. The number of aromatic nitrogens is 2. The summed E-state index contributed by atoms with van der Waals surface area (Å²) in [4.78, 5) is 19.4. The Kier molecular flexibility index (Phi) is 3.33. The van der Waals surface area contributed by atoms with Gasteiger partial charge in [0.1, 0.15) is 5.82 Å². The van der Waals surface area contributed by atoms with Crippen LogP contribution in [0.2, 0.25) is 0 Å². The third-order valence-electron chi connectivity index (χ3n) is 4.37. The number of hydrogen-bond donors (Lipinski definition) is 2. The third kappa shape index (κ3) is 2.22. The molecule has 2 N–H and O–H groups in total. The van der Waals surface area contributed by atoms with Crippen LogP contribution in [0.5, 0.6) is 0 Å². The lowest BCUT2D eigenvalue weighted by atomic mass is 9.88. The van der Waals surface area contributed by atoms with E-state index >= 15 is 0 Å². The summed E-state index contributed by atoms with van der Waals surface area (Å²) in [6.45, 7) is 9.18. The Morgan fingerprint density at radius 3 is 2.50 bits per heavy atom. The highest BCUT2D eigenvalue weighted by atomic mass is 16.5. The normalized spacial score (nSPS) is 16.4. The molecule has 1 aliphatic heterocycles. The molecule has 0 spiro atoms. The summed E-state index contributed by atoms with van der Waals surface area (Å²) in [6.07, 6.45) is 0. The molecule has 0 aliphatic carbocycles. The fourth-order valence-corrected chi connectivity index (χ4v) is 2.91. The fraction of sp³-hybridized carbons (Fsp3) is 0.412. The molecule has 116 valence electrons. The zero-order chi connectivity index (χ0) is 16.1. The summed E-state index contributed by atoms with van der Waals surface area (Å²) < 4.78 is 5.30. The van der Waals surface area contributed by atoms with Gasteiger partial charge in [0.05, 0.1) is 35.6 Å². The number of aryl methyl sites for hydroxylation is 3. The largest absolute Gasteiger partial charge is 0.478 e. The molecule has 1 aliphatic rings. The maximum atomic E-state index is 11.4. The molecule has 1 fully saturated rings. The Bertz CT molecular complexity index is 758. The molecule has 1 aromatic carbocycles. The summed E-state index contributed by atoms with van der Waals surface area (Å²) in [5.74, 6) is -0.00130. The van der Waals surface area contributed by atoms with Crippen LogP contribution < -0.4 is 0 Å². The van der Waals surface area contributed by atoms with E-state index in [1.807, 2.05) is 26.8 Å². The number of carboxylic acids is 1. The first kappa shape index (κ1) is 14.8. The Morgan fingerprint density at radius 1 is 1.27 bits per heavy atom. The minimum atomic E-state index is -0.907. The van der Waals surface area contributed by atoms with Crippen LogP contribution in [0.15, 0.2) is 12.1 Å². The van der Waals surface area contributed by atoms with Gasteiger partial charge in [-0.25, -0.2) is 9.78 Å². The zero-order valence-electron chi connectivity index (χ0n) is 13.3. The molecular formula is C17H20N2O3. The summed E-state index contributed by atoms with van der Waals surface area (Å²) >= 11 is 0. The smallest absolute Gasteiger partial charge is 0.335 e. The first-order chi connectivity index (χ1) is 10.3. The van der Waals surface area contributed by atoms with Crippen molar-refractivity contribution in [2.24, 2.45) is 0 Å². The van der Waals surface area contributed by atoms with Crippen LogP contribution in [0.3, 0.4) is 0 Å². The fourth-order valence-electron chi connectivity index (χ4n) is 2.91. The first-order valence-electron chi connectivity index (χ1n) is 7.31. The lowest BCUT2D eigenvalue weighted by molar-refractivity contribution is -0.0539. The van der Waals surface area contributed by atoms with Crippen molar-refractivity contribution in [2.45, 2.75) is 33.1 Å². The number of nitrogens with zero attached hydrogens (tertiary/aromatic N) is 1. The van der Waals surface area contributed by atoms with E-state index in [9.17, 15) is 9.90 Å². The maximum absolute atomic E-state index is 11.4. The van der Waals surface area contributed by atoms with Gasteiger partial charge in [-0.3, -0.25) is 0 Å². The van der Waals surface area contributed by atoms with Gasteiger partial charge in [-0.1, -0.05) is 6.07 Å². The van der Waals surface area contributed by atoms with Crippen molar-refractivity contribution in [1.82, 2.24) is 9.97 Å². The number of imidazole rings is 1. The average molecular weight is 300 g/mol. The summed E-state index contributed by atoms with van der Waals surface area (Å²) in [5.41, 5.74) is 4.73. The van der Waals surface area contributed by atoms with Gasteiger partial charge in [-0.05, 0) is 44.9 Å². The number of aromatic carboxylic acids is 1. The van der Waals surface area contributed by atoms with Crippen LogP contribution in [0.4, 0.5) is 0 Å². The predicted octanol–water partition coefficient (Wildman–Crippen LogP) is 2.99. The van der Waals surface area contributed by atoms with E-state index in [-0.39, 0.29) is 5.41 Å². The van der Waals surface area contributed by atoms with E-state index in [0.29, 0.717) is 18.8 Å². The predicted molar refractivity (Wildman–Crippen MR) is 83.4 cm³/mol. The molecule has 0 unspecified atom stereocenters. The Labute approximate surface area is 129 Å². The summed E-state index contributed by atoms with van der Waals surface area (Å²) in [7, 11) is 0. The van der Waals surface area contributed by atoms with Gasteiger partial charge in [0, 0.05) is 5.56 Å². The van der Waals surface area contributed by atoms with Crippen LogP contribution in [-0.4, -0.2) is 34.3 Å². The molecular weight excluding hydrogens is 280 g/mol. The van der Waals surface area contributed by atoms with Crippen molar-refractivity contribution in [3.63, 3.8) is 0 Å². The van der Waals surface area contributed by atoms with Gasteiger partial charge in [0.2, 0.25) is 0 Å². The lowest BCUT2D eigenvalue weighted by Crippen LogP contribution is -2.44. The van der Waals surface area contributed by atoms with E-state index in [2.05, 4.69) is 16.9 Å². The van der Waals surface area contributed by atoms with E-state index in [4.69, 9.17) is 4.74 Å². The number of carboxylic acid groups (broad SMARTS) is 1. The van der Waals surface area contributed by atoms with Crippen molar-refractivity contribution < 1.29 is 14.6 Å². The number of carbonyl (C=O) groups is 1. The molecule has 5 nitrogen and oxygen atoms in total. The van der Waals surface area contributed by atoms with Crippen LogP contribution in [-0.2, 0) is 10.2 Å². The third-order valence-corrected chi connectivity index (χ3v) is 4.37. The van der Waals surface area contributed by atoms with E-state index in [0.717, 1.165) is 33.9 Å². The second-order valence-corrected chi connectivity index (χ2v) is 6.39. The summed E-state index contributed by atoms with van der Waals surface area (Å²) in [6, 6.07) is 3.64. The van der Waals surface area contributed by atoms with Gasteiger partial charge >= 0.3 is 5.97 Å². The van der Waals surface area contributed by atoms with Crippen LogP contribution in [0.25, 0.3) is 11.3 Å². The molecule has 0 radical (unpaired) electrons. The second kappa shape index (κ2) is 4.95. The average Bonchev–Trinajstić information content (AvgIpc) is 2.78. The molecule has 0 atom stereocenters. The van der Waals surface area contributed by atoms with Gasteiger partial charge in [0.25, 0.3) is 0 Å². The van der Waals surface area contributed by atoms with Crippen molar-refractivity contribution in [3.8, 4) is 11.3 Å². The molecule has 0 amide bonds. The molecule has 5 heteroatoms. The number of rotatable bonds is 3. The van der Waals surface area contributed by atoms with Gasteiger partial charge in [-0.15, -0.1) is 0 Å². The van der Waals surface area contributed by atoms with Crippen LogP contribution in [0, 0.1) is 20.8 Å². The Morgan fingerprint density at radius 2 is 1.95 bits per heavy atom. The number of ether oxygens (including phenoxy) is 1. The van der Waals surface area contributed by atoms with Crippen molar-refractivity contribution in [3.05, 3.63) is 40.3 Å². The molecule has 0 bridgehead atoms. The number of nitrogens with one attached hydrogen (secondary N) is 1. The highest BCUT2D eigenvalue weighted by Crippen LogP contribution is 2.34. The minimum absolute atomic E-state index is 0.0722. The molecule has 3 rings (SSSR count). The topological polar surface area (TPSA) is 75.2 Å². The highest BCUT2D eigenvalue weighted by Gasteiger charge is 2.38. The number of hydrogen-bond acceptors (Lipinski definition) is 3. The van der Waals surface area contributed by atoms with Crippen molar-refractivity contribution >= 4 is 5.97 Å². The SMILES string of the molecule is Cc1cc(C)c(-c2[nH]c(C3(C)COC3)nc2C)cc1C(=O)O. The molecule has 0 saturated carbocycles. The van der Waals surface area contributed by atoms with Crippen LogP contribution >= 0.6 is 0 Å². The van der Waals surface area contributed by atoms with Gasteiger partial charge in [0.15, 0.2) is 0 Å². The summed E-state index contributed by atoms with van der Waals surface area (Å²) in [5, 5.41) is 9.34. The maximum Gasteiger partial charge on any atom is 0.335 e. The molecule has 22 heavy (non-hydrogen) atoms. The van der Waals surface area contributed by atoms with Gasteiger partial charge in [-0.2, -0.15) is 0 Å². The highest BCUT2D eigenvalue weighted by molar-refractivity contribution is 5.91. The van der Waals surface area contributed by atoms with Crippen molar-refractivity contribution in [1.29, 1.82) is 0 Å². The van der Waals surface area contributed by atoms with E-state index in [1.165, 1.54) is 0 Å². The number of aromatic amines is 1. The van der Waals surface area contributed by atoms with E-state index < -0.39 is 5.97 Å². The van der Waals surface area contributed by atoms with Crippen molar-refractivity contribution in [2.75, 3.05) is 13.2 Å². The Hall–Kier alpha value is -2.14. The molecule has 2 heterocycles. The monoisotopic (exact) mass is 300 g/mol. The minimum Gasteiger partial charge on any atom is -0.478 e. The molecule has 1 aromatic heterocycles. The standard InChI is InChI=1S/C17H20N2O3/c1-9-5-10(2)13(15(20)21)6-12(9)14-11(3)18-16(19-14)17(4)7-22-8-17/h5-6H,7-8H2,1-4H3,(H,18,19)(H,20,21). The van der Waals surface area contributed by atoms with Gasteiger partial charge < -0.3 is 14.8 Å². The van der Waals surface area contributed by atoms with Crippen LogP contribution in [0.1, 0.15) is 39.9 Å². The van der Waals surface area contributed by atoms with E-state index in [1.54, 1.807) is 6.07 Å². The Balaban J connectivity index is 2.12. The first-order valence-corrected chi connectivity index (χ1v) is 7.31. The number of H-pyrrole nitrogens is 1. The zero-order valence-corrected chi connectivity index (χ0v) is 13.3.